The number of benzene rings is 1. The summed E-state index contributed by atoms with van der Waals surface area (Å²) in [6, 6.07) is 6.46. The first-order valence-corrected chi connectivity index (χ1v) is 4.03. The third-order valence-electron chi connectivity index (χ3n) is 2.03. The molecule has 0 fully saturated rings. The van der Waals surface area contributed by atoms with Crippen LogP contribution in [-0.4, -0.2) is 0 Å². The lowest BCUT2D eigenvalue weighted by atomic mass is 9.99. The Labute approximate surface area is 69.3 Å². The van der Waals surface area contributed by atoms with E-state index in [1.807, 2.05) is 0 Å². The van der Waals surface area contributed by atoms with Crippen LogP contribution < -0.4 is 0 Å². The van der Waals surface area contributed by atoms with Crippen molar-refractivity contribution in [3.63, 3.8) is 0 Å². The molecule has 1 aromatic rings. The third-order valence-corrected chi connectivity index (χ3v) is 2.03. The van der Waals surface area contributed by atoms with Crippen LogP contribution >= 0.6 is 0 Å². The predicted molar refractivity (Wildman–Crippen MR) is 49.7 cm³/mol. The molecule has 0 aromatic heterocycles. The lowest BCUT2D eigenvalue weighted by molar-refractivity contribution is 0.864. The molecule has 0 aliphatic heterocycles. The van der Waals surface area contributed by atoms with Crippen molar-refractivity contribution in [1.29, 1.82) is 0 Å². The molecule has 0 heterocycles. The number of rotatable bonds is 1. The highest BCUT2D eigenvalue weighted by molar-refractivity contribution is 5.33. The zero-order chi connectivity index (χ0) is 8.43. The standard InChI is InChI=1S/C11H15/c1-8(2)11-6-5-9(3)10(4)7-11/h5-8H,3H2,1-2,4H3. The molecule has 0 heteroatoms. The Kier molecular flexibility index (Phi) is 2.33. The first-order chi connectivity index (χ1) is 5.11. The topological polar surface area (TPSA) is 0 Å². The Balaban J connectivity index is 3.05. The summed E-state index contributed by atoms with van der Waals surface area (Å²) in [5, 5.41) is 0. The summed E-state index contributed by atoms with van der Waals surface area (Å²) in [5.41, 5.74) is 3.82. The van der Waals surface area contributed by atoms with E-state index < -0.39 is 0 Å². The van der Waals surface area contributed by atoms with E-state index in [-0.39, 0.29) is 0 Å². The van der Waals surface area contributed by atoms with Gasteiger partial charge in [-0.3, -0.25) is 0 Å². The summed E-state index contributed by atoms with van der Waals surface area (Å²) < 4.78 is 0. The number of hydrogen-bond donors (Lipinski definition) is 0. The summed E-state index contributed by atoms with van der Waals surface area (Å²) in [6.07, 6.45) is 0. The van der Waals surface area contributed by atoms with Crippen LogP contribution in [0.2, 0.25) is 0 Å². The van der Waals surface area contributed by atoms with Gasteiger partial charge in [0, 0.05) is 0 Å². The first kappa shape index (κ1) is 8.32. The Hall–Kier alpha value is -0.780. The van der Waals surface area contributed by atoms with Crippen LogP contribution in [0.3, 0.4) is 0 Å². The van der Waals surface area contributed by atoms with Crippen molar-refractivity contribution in [2.45, 2.75) is 26.7 Å². The van der Waals surface area contributed by atoms with Gasteiger partial charge in [0.15, 0.2) is 0 Å². The Morgan fingerprint density at radius 1 is 1.27 bits per heavy atom. The summed E-state index contributed by atoms with van der Waals surface area (Å²) in [5.74, 6) is 0.620. The average molecular weight is 147 g/mol. The van der Waals surface area contributed by atoms with E-state index in [0.29, 0.717) is 5.92 Å². The van der Waals surface area contributed by atoms with Crippen LogP contribution in [0.4, 0.5) is 0 Å². The quantitative estimate of drug-likeness (QED) is 0.571. The van der Waals surface area contributed by atoms with Gasteiger partial charge in [-0.1, -0.05) is 32.0 Å². The van der Waals surface area contributed by atoms with Gasteiger partial charge in [0.25, 0.3) is 0 Å². The first-order valence-electron chi connectivity index (χ1n) is 4.03. The normalized spacial score (nSPS) is 10.6. The Bertz CT molecular complexity index is 246. The van der Waals surface area contributed by atoms with Gasteiger partial charge in [0.05, 0.1) is 0 Å². The molecule has 0 bridgehead atoms. The maximum Gasteiger partial charge on any atom is -0.0219 e. The van der Waals surface area contributed by atoms with E-state index in [4.69, 9.17) is 0 Å². The van der Waals surface area contributed by atoms with Crippen molar-refractivity contribution in [3.8, 4) is 0 Å². The SMILES string of the molecule is [CH2]c1ccc(C(C)C)cc1C. The lowest BCUT2D eigenvalue weighted by Crippen LogP contribution is -1.89. The lowest BCUT2D eigenvalue weighted by Gasteiger charge is -2.07. The van der Waals surface area contributed by atoms with Gasteiger partial charge in [0.1, 0.15) is 0 Å². The van der Waals surface area contributed by atoms with E-state index in [1.54, 1.807) is 0 Å². The van der Waals surface area contributed by atoms with Crippen LogP contribution in [-0.2, 0) is 0 Å². The van der Waals surface area contributed by atoms with Crippen LogP contribution in [0.1, 0.15) is 36.5 Å². The minimum Gasteiger partial charge on any atom is -0.0587 e. The third kappa shape index (κ3) is 1.83. The fourth-order valence-electron chi connectivity index (χ4n) is 1.08. The Morgan fingerprint density at radius 3 is 2.36 bits per heavy atom. The van der Waals surface area contributed by atoms with Crippen molar-refractivity contribution in [1.82, 2.24) is 0 Å². The minimum atomic E-state index is 0.620. The number of hydrogen-bond acceptors (Lipinski definition) is 0. The van der Waals surface area contributed by atoms with Crippen LogP contribution in [0, 0.1) is 13.8 Å². The zero-order valence-electron chi connectivity index (χ0n) is 7.52. The van der Waals surface area contributed by atoms with E-state index in [0.717, 1.165) is 5.56 Å². The van der Waals surface area contributed by atoms with Gasteiger partial charge in [0.2, 0.25) is 0 Å². The molecule has 59 valence electrons. The van der Waals surface area contributed by atoms with Gasteiger partial charge in [-0.15, -0.1) is 0 Å². The molecule has 11 heavy (non-hydrogen) atoms. The summed E-state index contributed by atoms with van der Waals surface area (Å²) >= 11 is 0. The fourth-order valence-corrected chi connectivity index (χ4v) is 1.08. The highest BCUT2D eigenvalue weighted by Crippen LogP contribution is 2.17. The van der Waals surface area contributed by atoms with Crippen molar-refractivity contribution < 1.29 is 0 Å². The molecule has 0 atom stereocenters. The van der Waals surface area contributed by atoms with Gasteiger partial charge >= 0.3 is 0 Å². The van der Waals surface area contributed by atoms with Crippen LogP contribution in [0.15, 0.2) is 18.2 Å². The summed E-state index contributed by atoms with van der Waals surface area (Å²) in [7, 11) is 0. The molecule has 0 nitrogen and oxygen atoms in total. The van der Waals surface area contributed by atoms with Gasteiger partial charge in [-0.05, 0) is 36.5 Å². The van der Waals surface area contributed by atoms with Crippen LogP contribution in [0.25, 0.3) is 0 Å². The van der Waals surface area contributed by atoms with E-state index >= 15 is 0 Å². The molecule has 0 saturated heterocycles. The molecular weight excluding hydrogens is 132 g/mol. The van der Waals surface area contributed by atoms with Crippen molar-refractivity contribution in [3.05, 3.63) is 41.8 Å². The maximum absolute atomic E-state index is 3.92. The molecular formula is C11H15. The molecule has 1 radical (unpaired) electrons. The monoisotopic (exact) mass is 147 g/mol. The van der Waals surface area contributed by atoms with Gasteiger partial charge < -0.3 is 0 Å². The highest BCUT2D eigenvalue weighted by Gasteiger charge is 1.99. The van der Waals surface area contributed by atoms with Crippen LogP contribution in [0.5, 0.6) is 0 Å². The molecule has 1 rings (SSSR count). The molecule has 0 unspecified atom stereocenters. The van der Waals surface area contributed by atoms with E-state index in [2.05, 4.69) is 45.9 Å². The summed E-state index contributed by atoms with van der Waals surface area (Å²) in [6.45, 7) is 10.4. The summed E-state index contributed by atoms with van der Waals surface area (Å²) in [4.78, 5) is 0. The van der Waals surface area contributed by atoms with E-state index in [1.165, 1.54) is 11.1 Å². The second kappa shape index (κ2) is 3.08. The molecule has 0 saturated carbocycles. The smallest absolute Gasteiger partial charge is 0.0219 e. The molecule has 0 N–H and O–H groups in total. The molecule has 1 aromatic carbocycles. The van der Waals surface area contributed by atoms with Crippen molar-refractivity contribution in [2.24, 2.45) is 0 Å². The van der Waals surface area contributed by atoms with Gasteiger partial charge in [-0.25, -0.2) is 0 Å². The molecule has 0 spiro atoms. The zero-order valence-corrected chi connectivity index (χ0v) is 7.52. The Morgan fingerprint density at radius 2 is 1.91 bits per heavy atom. The number of aryl methyl sites for hydroxylation is 1. The van der Waals surface area contributed by atoms with Crippen molar-refractivity contribution in [2.75, 3.05) is 0 Å². The second-order valence-corrected chi connectivity index (χ2v) is 3.34. The predicted octanol–water partition coefficient (Wildman–Crippen LogP) is 3.30. The van der Waals surface area contributed by atoms with E-state index in [9.17, 15) is 0 Å². The average Bonchev–Trinajstić information content (AvgIpc) is 1.94. The van der Waals surface area contributed by atoms with Gasteiger partial charge in [-0.2, -0.15) is 0 Å². The molecule has 0 amide bonds. The fraction of sp³-hybridized carbons (Fsp3) is 0.364. The molecule has 0 aliphatic carbocycles. The van der Waals surface area contributed by atoms with Crippen molar-refractivity contribution >= 4 is 0 Å². The molecule has 0 aliphatic rings. The highest BCUT2D eigenvalue weighted by atomic mass is 14.0. The maximum atomic E-state index is 3.92. The second-order valence-electron chi connectivity index (χ2n) is 3.34. The minimum absolute atomic E-state index is 0.620. The largest absolute Gasteiger partial charge is 0.0587 e.